The molecule has 2 fully saturated rings. The van der Waals surface area contributed by atoms with Crippen molar-refractivity contribution in [1.82, 2.24) is 0 Å². The van der Waals surface area contributed by atoms with Crippen molar-refractivity contribution in [2.24, 2.45) is 11.8 Å². The highest BCUT2D eigenvalue weighted by Gasteiger charge is 2.49. The second kappa shape index (κ2) is 8.25. The van der Waals surface area contributed by atoms with Crippen LogP contribution in [0, 0.1) is 23.7 Å². The van der Waals surface area contributed by atoms with E-state index >= 15 is 0 Å². The maximum Gasteiger partial charge on any atom is 0.306 e. The minimum absolute atomic E-state index is 0.00763. The van der Waals surface area contributed by atoms with Crippen LogP contribution in [0.25, 0.3) is 0 Å². The Morgan fingerprint density at radius 3 is 3.09 bits per heavy atom. The summed E-state index contributed by atoms with van der Waals surface area (Å²) < 4.78 is 11.1. The third kappa shape index (κ3) is 4.66. The number of allylic oxidation sites excluding steroid dienone is 1. The fraction of sp³-hybridized carbons (Fsp3) is 0.600. The molecule has 2 rings (SSSR count). The number of hydrogen-bond donors (Lipinski definition) is 0. The van der Waals surface area contributed by atoms with Gasteiger partial charge in [0, 0.05) is 31.1 Å². The molecule has 2 aliphatic rings. The van der Waals surface area contributed by atoms with Gasteiger partial charge in [-0.3, -0.25) is 9.59 Å². The number of fused-ring (bicyclic) bond motifs is 1. The van der Waals surface area contributed by atoms with Crippen LogP contribution in [0.2, 0.25) is 0 Å². The second-order valence-electron chi connectivity index (χ2n) is 5.47. The zero-order valence-corrected chi connectivity index (χ0v) is 14.6. The molecule has 1 aliphatic carbocycles. The highest BCUT2D eigenvalue weighted by Crippen LogP contribution is 2.50. The first kappa shape index (κ1) is 17.7. The lowest BCUT2D eigenvalue weighted by Crippen LogP contribution is -2.19. The predicted octanol–water partition coefficient (Wildman–Crippen LogP) is 2.52. The standard InChI is InChI=1S/C15H19BO4P2/c1-2-3-4-5-10(17)6-7-11-12-8-15(18)19-13(12)9-14(11)20-22(16)21/h6-7,11-14H,4-5,8-9,21H2,1H3/b7-6+/t11?,12?,13-,14-,22?/m0/s1. The number of ether oxygens (including phenoxy) is 1. The number of ketones is 1. The van der Waals surface area contributed by atoms with Crippen molar-refractivity contribution < 1.29 is 18.8 Å². The fourth-order valence-corrected chi connectivity index (χ4v) is 4.05. The molecule has 0 spiro atoms. The molecule has 22 heavy (non-hydrogen) atoms. The molecule has 0 aromatic heterocycles. The van der Waals surface area contributed by atoms with Crippen LogP contribution < -0.4 is 0 Å². The van der Waals surface area contributed by atoms with Gasteiger partial charge in [0.1, 0.15) is 6.10 Å². The fourth-order valence-electron chi connectivity index (χ4n) is 3.05. The van der Waals surface area contributed by atoms with Crippen molar-refractivity contribution in [3.8, 4) is 11.8 Å². The Kier molecular flexibility index (Phi) is 6.63. The van der Waals surface area contributed by atoms with Gasteiger partial charge in [-0.2, -0.15) is 0 Å². The van der Waals surface area contributed by atoms with Gasteiger partial charge in [0.15, 0.2) is 13.3 Å². The van der Waals surface area contributed by atoms with Crippen LogP contribution in [0.5, 0.6) is 0 Å². The van der Waals surface area contributed by atoms with Crippen molar-refractivity contribution in [3.63, 3.8) is 0 Å². The summed E-state index contributed by atoms with van der Waals surface area (Å²) in [4.78, 5) is 23.3. The molecule has 0 bridgehead atoms. The monoisotopic (exact) mass is 336 g/mol. The summed E-state index contributed by atoms with van der Waals surface area (Å²) in [7, 11) is 7.13. The topological polar surface area (TPSA) is 52.6 Å². The number of hydrogen-bond acceptors (Lipinski definition) is 4. The van der Waals surface area contributed by atoms with Crippen LogP contribution in [0.15, 0.2) is 12.2 Å². The number of carbonyl (C=O) groups is 2. The zero-order valence-electron chi connectivity index (χ0n) is 12.5. The normalized spacial score (nSPS) is 31.5. The van der Waals surface area contributed by atoms with E-state index in [1.54, 1.807) is 13.0 Å². The van der Waals surface area contributed by atoms with Crippen molar-refractivity contribution in [1.29, 1.82) is 0 Å². The SMILES string of the molecule is [B]P(P)O[C@H]1C[C@@H]2OC(=O)CC2C1/C=C/C(=O)CCC#CC. The molecule has 0 aromatic carbocycles. The van der Waals surface area contributed by atoms with Gasteiger partial charge in [-0.1, -0.05) is 15.0 Å². The lowest BCUT2D eigenvalue weighted by Gasteiger charge is -2.22. The average molecular weight is 336 g/mol. The summed E-state index contributed by atoms with van der Waals surface area (Å²) in [5.74, 6) is 5.59. The summed E-state index contributed by atoms with van der Waals surface area (Å²) >= 11 is 0. The van der Waals surface area contributed by atoms with E-state index in [0.717, 1.165) is 0 Å². The maximum atomic E-state index is 11.8. The lowest BCUT2D eigenvalue weighted by atomic mass is 9.91. The lowest BCUT2D eigenvalue weighted by molar-refractivity contribution is -0.141. The molecular weight excluding hydrogens is 317 g/mol. The van der Waals surface area contributed by atoms with Gasteiger partial charge in [-0.15, -0.1) is 11.8 Å². The van der Waals surface area contributed by atoms with Gasteiger partial charge in [0.25, 0.3) is 0 Å². The van der Waals surface area contributed by atoms with Gasteiger partial charge < -0.3 is 9.26 Å². The Bertz CT molecular complexity index is 523. The first-order valence-corrected chi connectivity index (χ1v) is 10.2. The summed E-state index contributed by atoms with van der Waals surface area (Å²) in [6, 6.07) is 0. The van der Waals surface area contributed by atoms with E-state index in [-0.39, 0.29) is 35.8 Å². The minimum Gasteiger partial charge on any atom is -0.462 e. The number of rotatable bonds is 6. The Hall–Kier alpha value is -0.675. The van der Waals surface area contributed by atoms with E-state index < -0.39 is 7.72 Å². The largest absolute Gasteiger partial charge is 0.462 e. The van der Waals surface area contributed by atoms with Gasteiger partial charge in [0.05, 0.1) is 12.5 Å². The molecular formula is C15H19BO4P2. The van der Waals surface area contributed by atoms with Gasteiger partial charge in [-0.05, 0) is 20.7 Å². The van der Waals surface area contributed by atoms with E-state index in [1.165, 1.54) is 0 Å². The van der Waals surface area contributed by atoms with E-state index in [2.05, 4.69) is 20.8 Å². The van der Waals surface area contributed by atoms with Gasteiger partial charge in [-0.25, -0.2) is 0 Å². The predicted molar refractivity (Wildman–Crippen MR) is 90.2 cm³/mol. The Balaban J connectivity index is 2.00. The van der Waals surface area contributed by atoms with Crippen molar-refractivity contribution in [2.75, 3.05) is 0 Å². The third-order valence-electron chi connectivity index (χ3n) is 3.99. The molecule has 1 saturated heterocycles. The van der Waals surface area contributed by atoms with Crippen LogP contribution in [-0.4, -0.2) is 31.5 Å². The van der Waals surface area contributed by atoms with Crippen molar-refractivity contribution in [2.45, 2.75) is 44.8 Å². The average Bonchev–Trinajstić information content (AvgIpc) is 2.92. The number of esters is 1. The van der Waals surface area contributed by atoms with Gasteiger partial charge in [0.2, 0.25) is 0 Å². The highest BCUT2D eigenvalue weighted by atomic mass is 32.0. The molecule has 0 aromatic rings. The molecule has 6 atom stereocenters. The van der Waals surface area contributed by atoms with E-state index in [4.69, 9.17) is 16.8 Å². The molecule has 7 heteroatoms. The molecule has 116 valence electrons. The molecule has 4 nitrogen and oxygen atoms in total. The van der Waals surface area contributed by atoms with Crippen LogP contribution in [0.4, 0.5) is 0 Å². The summed E-state index contributed by atoms with van der Waals surface area (Å²) in [6.45, 7) is 1.76. The smallest absolute Gasteiger partial charge is 0.306 e. The zero-order chi connectivity index (χ0) is 16.1. The minimum atomic E-state index is -1.07. The van der Waals surface area contributed by atoms with Crippen LogP contribution in [0.1, 0.15) is 32.6 Å². The van der Waals surface area contributed by atoms with Crippen LogP contribution >= 0.6 is 16.6 Å². The Labute approximate surface area is 136 Å². The Morgan fingerprint density at radius 2 is 2.41 bits per heavy atom. The summed E-state index contributed by atoms with van der Waals surface area (Å²) in [5, 5.41) is 0. The molecule has 4 unspecified atom stereocenters. The first-order chi connectivity index (χ1) is 10.5. The number of carbonyl (C=O) groups excluding carboxylic acids is 2. The quantitative estimate of drug-likeness (QED) is 0.246. The van der Waals surface area contributed by atoms with Gasteiger partial charge >= 0.3 is 5.97 Å². The molecule has 2 radical (unpaired) electrons. The Morgan fingerprint density at radius 1 is 1.64 bits per heavy atom. The molecule has 1 heterocycles. The second-order valence-corrected chi connectivity index (χ2v) is 7.92. The maximum absolute atomic E-state index is 11.8. The van der Waals surface area contributed by atoms with E-state index in [1.807, 2.05) is 6.08 Å². The van der Waals surface area contributed by atoms with Crippen molar-refractivity contribution in [3.05, 3.63) is 12.2 Å². The molecule has 0 N–H and O–H groups in total. The summed E-state index contributed by atoms with van der Waals surface area (Å²) in [6.07, 6.45) is 5.24. The summed E-state index contributed by atoms with van der Waals surface area (Å²) in [5.41, 5.74) is 0. The van der Waals surface area contributed by atoms with Crippen LogP contribution in [0.3, 0.4) is 0 Å². The van der Waals surface area contributed by atoms with Crippen LogP contribution in [-0.2, 0) is 18.8 Å². The highest BCUT2D eigenvalue weighted by molar-refractivity contribution is 8.23. The van der Waals surface area contributed by atoms with E-state index in [9.17, 15) is 9.59 Å². The molecule has 1 saturated carbocycles. The third-order valence-corrected chi connectivity index (χ3v) is 4.87. The molecule has 0 amide bonds. The van der Waals surface area contributed by atoms with E-state index in [0.29, 0.717) is 25.7 Å². The van der Waals surface area contributed by atoms with Crippen molar-refractivity contribution >= 4 is 36.0 Å². The first-order valence-electron chi connectivity index (χ1n) is 7.27. The molecule has 1 aliphatic heterocycles.